The molecule has 1 aromatic heterocycles. The van der Waals surface area contributed by atoms with Gasteiger partial charge in [0.1, 0.15) is 0 Å². The summed E-state index contributed by atoms with van der Waals surface area (Å²) in [5, 5.41) is 7.29. The third kappa shape index (κ3) is 4.30. The van der Waals surface area contributed by atoms with Crippen molar-refractivity contribution in [3.8, 4) is 0 Å². The van der Waals surface area contributed by atoms with E-state index in [1.807, 2.05) is 11.3 Å². The summed E-state index contributed by atoms with van der Waals surface area (Å²) < 4.78 is 0. The molecule has 0 saturated carbocycles. The second-order valence-corrected chi connectivity index (χ2v) is 7.11. The molecule has 108 valence electrons. The molecule has 19 heavy (non-hydrogen) atoms. The molecule has 2 nitrogen and oxygen atoms in total. The van der Waals surface area contributed by atoms with Crippen LogP contribution < -0.4 is 10.6 Å². The smallest absolute Gasteiger partial charge is 0.0300 e. The summed E-state index contributed by atoms with van der Waals surface area (Å²) >= 11 is 1.95. The molecular formula is C16H28N2S. The van der Waals surface area contributed by atoms with Crippen molar-refractivity contribution in [2.24, 2.45) is 5.41 Å². The van der Waals surface area contributed by atoms with Crippen molar-refractivity contribution in [1.82, 2.24) is 10.6 Å². The van der Waals surface area contributed by atoms with Crippen LogP contribution in [0.25, 0.3) is 0 Å². The predicted molar refractivity (Wildman–Crippen MR) is 84.8 cm³/mol. The molecule has 0 aromatic carbocycles. The highest BCUT2D eigenvalue weighted by atomic mass is 32.1. The van der Waals surface area contributed by atoms with Crippen LogP contribution in [-0.2, 0) is 13.0 Å². The van der Waals surface area contributed by atoms with Crippen molar-refractivity contribution >= 4 is 11.3 Å². The van der Waals surface area contributed by atoms with Gasteiger partial charge in [0.15, 0.2) is 0 Å². The molecule has 1 atom stereocenters. The van der Waals surface area contributed by atoms with Gasteiger partial charge in [-0.05, 0) is 49.8 Å². The van der Waals surface area contributed by atoms with Gasteiger partial charge in [0, 0.05) is 29.4 Å². The van der Waals surface area contributed by atoms with Gasteiger partial charge < -0.3 is 10.6 Å². The van der Waals surface area contributed by atoms with Crippen molar-refractivity contribution < 1.29 is 0 Å². The SMILES string of the molecule is CCCC1(CNCc2ccc(CC)s2)CCCNC1. The van der Waals surface area contributed by atoms with E-state index in [0.29, 0.717) is 5.41 Å². The average Bonchev–Trinajstić information content (AvgIpc) is 2.88. The maximum Gasteiger partial charge on any atom is 0.0300 e. The van der Waals surface area contributed by atoms with Crippen molar-refractivity contribution in [2.45, 2.75) is 52.5 Å². The Morgan fingerprint density at radius 1 is 1.32 bits per heavy atom. The number of aryl methyl sites for hydroxylation is 1. The lowest BCUT2D eigenvalue weighted by atomic mass is 9.77. The van der Waals surface area contributed by atoms with Crippen LogP contribution in [0.5, 0.6) is 0 Å². The second-order valence-electron chi connectivity index (χ2n) is 5.86. The van der Waals surface area contributed by atoms with Crippen molar-refractivity contribution in [1.29, 1.82) is 0 Å². The maximum atomic E-state index is 3.70. The summed E-state index contributed by atoms with van der Waals surface area (Å²) in [4.78, 5) is 2.98. The van der Waals surface area contributed by atoms with Crippen molar-refractivity contribution in [3.63, 3.8) is 0 Å². The minimum atomic E-state index is 0.498. The lowest BCUT2D eigenvalue weighted by Gasteiger charge is -2.38. The summed E-state index contributed by atoms with van der Waals surface area (Å²) in [6.07, 6.45) is 6.51. The van der Waals surface area contributed by atoms with Gasteiger partial charge in [0.25, 0.3) is 0 Å². The molecule has 2 heterocycles. The first-order valence-corrected chi connectivity index (χ1v) is 8.59. The van der Waals surface area contributed by atoms with Crippen LogP contribution >= 0.6 is 11.3 Å². The number of hydrogen-bond acceptors (Lipinski definition) is 3. The maximum absolute atomic E-state index is 3.70. The molecule has 2 rings (SSSR count). The van der Waals surface area contributed by atoms with Gasteiger partial charge in [0.2, 0.25) is 0 Å². The molecule has 0 radical (unpaired) electrons. The minimum Gasteiger partial charge on any atom is -0.316 e. The largest absolute Gasteiger partial charge is 0.316 e. The number of thiophene rings is 1. The van der Waals surface area contributed by atoms with Gasteiger partial charge >= 0.3 is 0 Å². The Bertz CT molecular complexity index is 361. The summed E-state index contributed by atoms with van der Waals surface area (Å²) in [5.74, 6) is 0. The van der Waals surface area contributed by atoms with Gasteiger partial charge in [0.05, 0.1) is 0 Å². The van der Waals surface area contributed by atoms with E-state index in [1.54, 1.807) is 0 Å². The summed E-state index contributed by atoms with van der Waals surface area (Å²) in [5.41, 5.74) is 0.498. The fourth-order valence-corrected chi connectivity index (χ4v) is 4.10. The van der Waals surface area contributed by atoms with Crippen LogP contribution in [0.1, 0.15) is 49.3 Å². The Kier molecular flexibility index (Phi) is 5.86. The number of piperidine rings is 1. The van der Waals surface area contributed by atoms with Crippen LogP contribution in [0.4, 0.5) is 0 Å². The number of nitrogens with one attached hydrogen (secondary N) is 2. The summed E-state index contributed by atoms with van der Waals surface area (Å²) in [6.45, 7) is 9.13. The van der Waals surface area contributed by atoms with E-state index in [4.69, 9.17) is 0 Å². The highest BCUT2D eigenvalue weighted by molar-refractivity contribution is 7.11. The fourth-order valence-electron chi connectivity index (χ4n) is 3.17. The molecule has 1 saturated heterocycles. The molecule has 0 bridgehead atoms. The zero-order valence-electron chi connectivity index (χ0n) is 12.4. The molecule has 3 heteroatoms. The number of rotatable bonds is 7. The van der Waals surface area contributed by atoms with E-state index in [2.05, 4.69) is 36.6 Å². The third-order valence-corrected chi connectivity index (χ3v) is 5.44. The first kappa shape index (κ1) is 15.0. The summed E-state index contributed by atoms with van der Waals surface area (Å²) in [7, 11) is 0. The van der Waals surface area contributed by atoms with E-state index in [1.165, 1.54) is 48.5 Å². The first-order chi connectivity index (χ1) is 9.28. The number of hydrogen-bond donors (Lipinski definition) is 2. The van der Waals surface area contributed by atoms with Crippen LogP contribution in [0.15, 0.2) is 12.1 Å². The lowest BCUT2D eigenvalue weighted by Crippen LogP contribution is -2.46. The zero-order chi connectivity index (χ0) is 13.6. The van der Waals surface area contributed by atoms with Crippen molar-refractivity contribution in [2.75, 3.05) is 19.6 Å². The predicted octanol–water partition coefficient (Wildman–Crippen LogP) is 3.57. The Morgan fingerprint density at radius 3 is 2.79 bits per heavy atom. The molecule has 1 aliphatic rings. The standard InChI is InChI=1S/C16H28N2S/c1-3-8-16(9-5-10-17-12-16)13-18-11-15-7-6-14(4-2)19-15/h6-7,17-18H,3-5,8-13H2,1-2H3. The third-order valence-electron chi connectivity index (χ3n) is 4.21. The molecule has 0 amide bonds. The highest BCUT2D eigenvalue weighted by Crippen LogP contribution is 2.31. The molecule has 1 unspecified atom stereocenters. The Hall–Kier alpha value is -0.380. The Balaban J connectivity index is 1.81. The van der Waals surface area contributed by atoms with Crippen molar-refractivity contribution in [3.05, 3.63) is 21.9 Å². The van der Waals surface area contributed by atoms with Crippen LogP contribution in [0.2, 0.25) is 0 Å². The molecule has 0 spiro atoms. The fraction of sp³-hybridized carbons (Fsp3) is 0.750. The van der Waals surface area contributed by atoms with Crippen LogP contribution in [0.3, 0.4) is 0 Å². The first-order valence-electron chi connectivity index (χ1n) is 7.77. The summed E-state index contributed by atoms with van der Waals surface area (Å²) in [6, 6.07) is 4.55. The molecule has 2 N–H and O–H groups in total. The molecule has 1 aromatic rings. The lowest BCUT2D eigenvalue weighted by molar-refractivity contribution is 0.182. The van der Waals surface area contributed by atoms with Gasteiger partial charge in [-0.15, -0.1) is 11.3 Å². The molecule has 0 aliphatic carbocycles. The molecule has 1 fully saturated rings. The normalized spacial score (nSPS) is 23.7. The van der Waals surface area contributed by atoms with E-state index in [9.17, 15) is 0 Å². The highest BCUT2D eigenvalue weighted by Gasteiger charge is 2.30. The van der Waals surface area contributed by atoms with Gasteiger partial charge in [-0.1, -0.05) is 20.3 Å². The van der Waals surface area contributed by atoms with Crippen LogP contribution in [0, 0.1) is 5.41 Å². The monoisotopic (exact) mass is 280 g/mol. The molecular weight excluding hydrogens is 252 g/mol. The van der Waals surface area contributed by atoms with Crippen LogP contribution in [-0.4, -0.2) is 19.6 Å². The second kappa shape index (κ2) is 7.41. The Labute approximate surface area is 122 Å². The van der Waals surface area contributed by atoms with E-state index in [0.717, 1.165) is 19.5 Å². The van der Waals surface area contributed by atoms with Gasteiger partial charge in [-0.2, -0.15) is 0 Å². The van der Waals surface area contributed by atoms with Gasteiger partial charge in [-0.25, -0.2) is 0 Å². The average molecular weight is 280 g/mol. The molecule has 1 aliphatic heterocycles. The minimum absolute atomic E-state index is 0.498. The topological polar surface area (TPSA) is 24.1 Å². The van der Waals surface area contributed by atoms with E-state index >= 15 is 0 Å². The van der Waals surface area contributed by atoms with E-state index < -0.39 is 0 Å². The Morgan fingerprint density at radius 2 is 2.16 bits per heavy atom. The van der Waals surface area contributed by atoms with E-state index in [-0.39, 0.29) is 0 Å². The quantitative estimate of drug-likeness (QED) is 0.798. The zero-order valence-corrected chi connectivity index (χ0v) is 13.2. The van der Waals surface area contributed by atoms with Gasteiger partial charge in [-0.3, -0.25) is 0 Å².